The zero-order valence-corrected chi connectivity index (χ0v) is 12.4. The zero-order valence-electron chi connectivity index (χ0n) is 11.7. The Morgan fingerprint density at radius 1 is 1.10 bits per heavy atom. The molecule has 1 heterocycles. The summed E-state index contributed by atoms with van der Waals surface area (Å²) in [6.45, 7) is 2.16. The number of ether oxygens (including phenoxy) is 1. The molecule has 1 fully saturated rings. The minimum absolute atomic E-state index is 0.216. The normalized spacial score (nSPS) is 22.4. The summed E-state index contributed by atoms with van der Waals surface area (Å²) >= 11 is 5.95. The van der Waals surface area contributed by atoms with E-state index < -0.39 is 6.10 Å². The van der Waals surface area contributed by atoms with Crippen molar-refractivity contribution < 1.29 is 9.84 Å². The highest BCUT2D eigenvalue weighted by Crippen LogP contribution is 2.22. The molecule has 0 unspecified atom stereocenters. The topological polar surface area (TPSA) is 32.7 Å². The smallest absolute Gasteiger partial charge is 0.138 e. The number of likely N-dealkylation sites (tertiary alicyclic amines) is 1. The summed E-state index contributed by atoms with van der Waals surface area (Å²) in [4.78, 5) is 2.20. The summed E-state index contributed by atoms with van der Waals surface area (Å²) < 4.78 is 5.86. The molecule has 2 atom stereocenters. The lowest BCUT2D eigenvalue weighted by atomic mass is 10.2. The Balaban J connectivity index is 1.61. The van der Waals surface area contributed by atoms with Gasteiger partial charge in [-0.05, 0) is 23.8 Å². The number of aliphatic hydroxyl groups excluding tert-OH is 1. The molecule has 3 nitrogen and oxygen atoms in total. The van der Waals surface area contributed by atoms with E-state index in [0.717, 1.165) is 6.54 Å². The van der Waals surface area contributed by atoms with Gasteiger partial charge in [0.2, 0.25) is 0 Å². The average molecular weight is 304 g/mol. The maximum absolute atomic E-state index is 10.2. The van der Waals surface area contributed by atoms with Gasteiger partial charge < -0.3 is 9.84 Å². The van der Waals surface area contributed by atoms with E-state index in [1.54, 1.807) is 12.1 Å². The summed E-state index contributed by atoms with van der Waals surface area (Å²) in [5.41, 5.74) is 1.24. The maximum Gasteiger partial charge on any atom is 0.138 e. The molecule has 0 amide bonds. The monoisotopic (exact) mass is 303 g/mol. The van der Waals surface area contributed by atoms with E-state index in [2.05, 4.69) is 17.0 Å². The van der Waals surface area contributed by atoms with Gasteiger partial charge in [-0.3, -0.25) is 4.90 Å². The fourth-order valence-electron chi connectivity index (χ4n) is 2.63. The summed E-state index contributed by atoms with van der Waals surface area (Å²) in [6, 6.07) is 17.5. The van der Waals surface area contributed by atoms with Gasteiger partial charge in [-0.1, -0.05) is 48.0 Å². The first-order valence-corrected chi connectivity index (χ1v) is 7.45. The molecular weight excluding hydrogens is 286 g/mol. The minimum Gasteiger partial charge on any atom is -0.486 e. The Bertz CT molecular complexity index is 590. The number of halogens is 1. The molecule has 1 N–H and O–H groups in total. The van der Waals surface area contributed by atoms with Gasteiger partial charge in [0.15, 0.2) is 0 Å². The van der Waals surface area contributed by atoms with E-state index in [1.165, 1.54) is 5.56 Å². The molecule has 110 valence electrons. The van der Waals surface area contributed by atoms with Gasteiger partial charge in [0.25, 0.3) is 0 Å². The number of hydrogen-bond donors (Lipinski definition) is 1. The summed E-state index contributed by atoms with van der Waals surface area (Å²) in [5.74, 6) is 0.702. The Labute approximate surface area is 129 Å². The number of aliphatic hydroxyl groups is 1. The molecule has 0 spiro atoms. The lowest BCUT2D eigenvalue weighted by Crippen LogP contribution is -2.29. The molecule has 1 aliphatic heterocycles. The summed E-state index contributed by atoms with van der Waals surface area (Å²) in [7, 11) is 0. The highest BCUT2D eigenvalue weighted by atomic mass is 35.5. The maximum atomic E-state index is 10.2. The fraction of sp³-hybridized carbons (Fsp3) is 0.294. The van der Waals surface area contributed by atoms with Crippen LogP contribution >= 0.6 is 11.6 Å². The van der Waals surface area contributed by atoms with Gasteiger partial charge in [0, 0.05) is 24.7 Å². The lowest BCUT2D eigenvalue weighted by Gasteiger charge is -2.17. The van der Waals surface area contributed by atoms with Gasteiger partial charge in [0.1, 0.15) is 18.0 Å². The van der Waals surface area contributed by atoms with Crippen molar-refractivity contribution in [3.8, 4) is 5.75 Å². The van der Waals surface area contributed by atoms with E-state index in [0.29, 0.717) is 23.9 Å². The van der Waals surface area contributed by atoms with Crippen molar-refractivity contribution >= 4 is 11.6 Å². The molecule has 0 aliphatic carbocycles. The molecule has 21 heavy (non-hydrogen) atoms. The van der Waals surface area contributed by atoms with Crippen LogP contribution in [0.5, 0.6) is 5.75 Å². The first-order valence-electron chi connectivity index (χ1n) is 7.07. The minimum atomic E-state index is -0.479. The van der Waals surface area contributed by atoms with Crippen LogP contribution in [0.2, 0.25) is 5.02 Å². The lowest BCUT2D eigenvalue weighted by molar-refractivity contribution is 0.0737. The van der Waals surface area contributed by atoms with Crippen molar-refractivity contribution in [2.45, 2.75) is 18.8 Å². The number of β-amino-alcohol motifs (C(OH)–C–C–N with tert-alkyl or cyclic N) is 1. The van der Waals surface area contributed by atoms with Crippen LogP contribution in [0.1, 0.15) is 5.56 Å². The number of benzene rings is 2. The van der Waals surface area contributed by atoms with Crippen LogP contribution in [0.4, 0.5) is 0 Å². The molecule has 0 aromatic heterocycles. The van der Waals surface area contributed by atoms with Crippen LogP contribution in [0.25, 0.3) is 0 Å². The standard InChI is InChI=1S/C17H18ClNO2/c18-14-7-4-8-15(9-14)21-17-12-19(11-16(17)20)10-13-5-2-1-3-6-13/h1-9,16-17,20H,10-12H2/t16-,17+/m0/s1. The molecule has 4 heteroatoms. The second-order valence-electron chi connectivity index (χ2n) is 5.36. The molecule has 2 aromatic rings. The Kier molecular flexibility index (Phi) is 4.44. The number of hydrogen-bond acceptors (Lipinski definition) is 3. The van der Waals surface area contributed by atoms with Crippen LogP contribution < -0.4 is 4.74 Å². The predicted molar refractivity (Wildman–Crippen MR) is 83.6 cm³/mol. The molecule has 0 saturated carbocycles. The van der Waals surface area contributed by atoms with Gasteiger partial charge in [-0.2, -0.15) is 0 Å². The average Bonchev–Trinajstić information content (AvgIpc) is 2.80. The SMILES string of the molecule is O[C@H]1CN(Cc2ccccc2)C[C@H]1Oc1cccc(Cl)c1. The van der Waals surface area contributed by atoms with Gasteiger partial charge in [-0.25, -0.2) is 0 Å². The van der Waals surface area contributed by atoms with Crippen molar-refractivity contribution in [3.05, 3.63) is 65.2 Å². The molecule has 0 radical (unpaired) electrons. The molecule has 1 aliphatic rings. The third kappa shape index (κ3) is 3.76. The second-order valence-corrected chi connectivity index (χ2v) is 5.80. The number of rotatable bonds is 4. The van der Waals surface area contributed by atoms with E-state index in [-0.39, 0.29) is 6.10 Å². The van der Waals surface area contributed by atoms with E-state index in [9.17, 15) is 5.11 Å². The Morgan fingerprint density at radius 3 is 2.67 bits per heavy atom. The summed E-state index contributed by atoms with van der Waals surface area (Å²) in [6.07, 6.45) is -0.695. The van der Waals surface area contributed by atoms with Crippen molar-refractivity contribution in [1.82, 2.24) is 4.90 Å². The van der Waals surface area contributed by atoms with Crippen molar-refractivity contribution in [2.75, 3.05) is 13.1 Å². The zero-order chi connectivity index (χ0) is 14.7. The highest BCUT2D eigenvalue weighted by Gasteiger charge is 2.32. The molecule has 2 aromatic carbocycles. The third-order valence-corrected chi connectivity index (χ3v) is 3.88. The van der Waals surface area contributed by atoms with E-state index >= 15 is 0 Å². The third-order valence-electron chi connectivity index (χ3n) is 3.65. The first-order chi connectivity index (χ1) is 10.2. The van der Waals surface area contributed by atoms with Crippen molar-refractivity contribution in [1.29, 1.82) is 0 Å². The Hall–Kier alpha value is -1.55. The number of nitrogens with zero attached hydrogens (tertiary/aromatic N) is 1. The van der Waals surface area contributed by atoms with Crippen molar-refractivity contribution in [3.63, 3.8) is 0 Å². The van der Waals surface area contributed by atoms with Crippen LogP contribution in [0.3, 0.4) is 0 Å². The largest absolute Gasteiger partial charge is 0.486 e. The van der Waals surface area contributed by atoms with Crippen LogP contribution in [0, 0.1) is 0 Å². The van der Waals surface area contributed by atoms with Gasteiger partial charge in [-0.15, -0.1) is 0 Å². The highest BCUT2D eigenvalue weighted by molar-refractivity contribution is 6.30. The quantitative estimate of drug-likeness (QED) is 0.942. The Morgan fingerprint density at radius 2 is 1.90 bits per heavy atom. The molecule has 0 bridgehead atoms. The van der Waals surface area contributed by atoms with E-state index in [1.807, 2.05) is 30.3 Å². The predicted octanol–water partition coefficient (Wildman–Crippen LogP) is 2.96. The second kappa shape index (κ2) is 6.48. The fourth-order valence-corrected chi connectivity index (χ4v) is 2.81. The first kappa shape index (κ1) is 14.4. The van der Waals surface area contributed by atoms with Crippen molar-refractivity contribution in [2.24, 2.45) is 0 Å². The van der Waals surface area contributed by atoms with Crippen LogP contribution in [0.15, 0.2) is 54.6 Å². The molecular formula is C17H18ClNO2. The van der Waals surface area contributed by atoms with Gasteiger partial charge >= 0.3 is 0 Å². The molecule has 3 rings (SSSR count). The van der Waals surface area contributed by atoms with Gasteiger partial charge in [0.05, 0.1) is 0 Å². The summed E-state index contributed by atoms with van der Waals surface area (Å²) in [5, 5.41) is 10.8. The van der Waals surface area contributed by atoms with Crippen LogP contribution in [-0.2, 0) is 6.54 Å². The van der Waals surface area contributed by atoms with Crippen LogP contribution in [-0.4, -0.2) is 35.3 Å². The molecule has 1 saturated heterocycles. The van der Waals surface area contributed by atoms with E-state index in [4.69, 9.17) is 16.3 Å².